The van der Waals surface area contributed by atoms with E-state index >= 15 is 0 Å². The lowest BCUT2D eigenvalue weighted by Gasteiger charge is -2.34. The average molecular weight is 286 g/mol. The maximum absolute atomic E-state index is 12.2. The Bertz CT molecular complexity index is 360. The minimum atomic E-state index is -1.27. The maximum Gasteiger partial charge on any atom is 0.332 e. The number of nitrogens with one attached hydrogen (secondary N) is 1. The van der Waals surface area contributed by atoms with Gasteiger partial charge in [-0.2, -0.15) is 0 Å². The van der Waals surface area contributed by atoms with Gasteiger partial charge in [0.1, 0.15) is 0 Å². The van der Waals surface area contributed by atoms with E-state index < -0.39 is 11.5 Å². The molecule has 2 aliphatic heterocycles. The molecule has 0 aromatic carbocycles. The minimum Gasteiger partial charge on any atom is -0.479 e. The molecule has 7 nitrogen and oxygen atoms in total. The first-order valence-corrected chi connectivity index (χ1v) is 7.07. The molecule has 0 saturated carbocycles. The van der Waals surface area contributed by atoms with Crippen molar-refractivity contribution in [1.82, 2.24) is 10.2 Å². The Balaban J connectivity index is 1.87. The van der Waals surface area contributed by atoms with Crippen LogP contribution in [0.1, 0.15) is 26.2 Å². The number of carboxylic acids is 1. The molecule has 2 fully saturated rings. The first-order chi connectivity index (χ1) is 9.57. The number of hydrogen-bond acceptors (Lipinski definition) is 4. The Labute approximate surface area is 118 Å². The lowest BCUT2D eigenvalue weighted by atomic mass is 9.99. The van der Waals surface area contributed by atoms with E-state index in [0.717, 1.165) is 12.8 Å². The number of piperidine rings is 1. The summed E-state index contributed by atoms with van der Waals surface area (Å²) in [6.45, 7) is 4.20. The molecule has 20 heavy (non-hydrogen) atoms. The topological polar surface area (TPSA) is 88.1 Å². The Morgan fingerprint density at radius 1 is 1.45 bits per heavy atom. The van der Waals surface area contributed by atoms with Crippen LogP contribution in [0.3, 0.4) is 0 Å². The number of urea groups is 1. The first kappa shape index (κ1) is 15.1. The van der Waals surface area contributed by atoms with Crippen LogP contribution < -0.4 is 5.32 Å². The highest BCUT2D eigenvalue weighted by Gasteiger charge is 2.44. The number of carbonyl (C=O) groups excluding carboxylic acids is 1. The van der Waals surface area contributed by atoms with Crippen molar-refractivity contribution < 1.29 is 24.2 Å². The average Bonchev–Trinajstić information content (AvgIpc) is 2.90. The zero-order valence-corrected chi connectivity index (χ0v) is 11.8. The number of amides is 2. The Kier molecular flexibility index (Phi) is 4.82. The van der Waals surface area contributed by atoms with E-state index in [1.807, 2.05) is 6.92 Å². The normalized spacial score (nSPS) is 27.6. The molecule has 0 aromatic rings. The summed E-state index contributed by atoms with van der Waals surface area (Å²) < 4.78 is 10.7. The zero-order chi connectivity index (χ0) is 14.6. The van der Waals surface area contributed by atoms with Crippen molar-refractivity contribution in [2.45, 2.75) is 37.8 Å². The molecular formula is C13H22N2O5. The van der Waals surface area contributed by atoms with Crippen molar-refractivity contribution in [2.75, 3.05) is 32.9 Å². The number of likely N-dealkylation sites (tertiary alicyclic amines) is 1. The van der Waals surface area contributed by atoms with E-state index in [1.165, 1.54) is 0 Å². The summed E-state index contributed by atoms with van der Waals surface area (Å²) in [6.07, 6.45) is 2.09. The number of rotatable bonds is 4. The number of carboxylic acid groups (broad SMARTS) is 1. The van der Waals surface area contributed by atoms with Crippen LogP contribution >= 0.6 is 0 Å². The van der Waals surface area contributed by atoms with Crippen LogP contribution in [0.2, 0.25) is 0 Å². The highest BCUT2D eigenvalue weighted by Crippen LogP contribution is 2.20. The molecule has 0 bridgehead atoms. The van der Waals surface area contributed by atoms with E-state index in [-0.39, 0.29) is 18.7 Å². The van der Waals surface area contributed by atoms with Gasteiger partial charge in [0.05, 0.1) is 12.7 Å². The van der Waals surface area contributed by atoms with E-state index in [0.29, 0.717) is 32.7 Å². The second kappa shape index (κ2) is 6.41. The van der Waals surface area contributed by atoms with Gasteiger partial charge in [-0.25, -0.2) is 9.59 Å². The molecule has 2 aliphatic rings. The zero-order valence-electron chi connectivity index (χ0n) is 11.8. The van der Waals surface area contributed by atoms with Crippen LogP contribution in [0.4, 0.5) is 4.79 Å². The largest absolute Gasteiger partial charge is 0.479 e. The standard InChI is InChI=1S/C13H22N2O5/c1-2-20-10-3-6-15(7-4-10)12(18)14-13(11(16)17)5-8-19-9-13/h10H,2-9H2,1H3,(H,14,18)(H,16,17). The van der Waals surface area contributed by atoms with Gasteiger partial charge in [-0.15, -0.1) is 0 Å². The fourth-order valence-corrected chi connectivity index (χ4v) is 2.63. The van der Waals surface area contributed by atoms with Crippen molar-refractivity contribution in [1.29, 1.82) is 0 Å². The number of aliphatic carboxylic acids is 1. The molecule has 0 aliphatic carbocycles. The molecule has 2 rings (SSSR count). The second-order valence-corrected chi connectivity index (χ2v) is 5.26. The molecular weight excluding hydrogens is 264 g/mol. The van der Waals surface area contributed by atoms with Gasteiger partial charge in [0, 0.05) is 32.7 Å². The van der Waals surface area contributed by atoms with Crippen molar-refractivity contribution in [3.05, 3.63) is 0 Å². The Morgan fingerprint density at radius 3 is 2.65 bits per heavy atom. The second-order valence-electron chi connectivity index (χ2n) is 5.26. The smallest absolute Gasteiger partial charge is 0.332 e. The van der Waals surface area contributed by atoms with Crippen molar-refractivity contribution >= 4 is 12.0 Å². The predicted molar refractivity (Wildman–Crippen MR) is 70.6 cm³/mol. The van der Waals surface area contributed by atoms with Crippen LogP contribution in [0.25, 0.3) is 0 Å². The van der Waals surface area contributed by atoms with Crippen LogP contribution in [0.5, 0.6) is 0 Å². The summed E-state index contributed by atoms with van der Waals surface area (Å²) in [4.78, 5) is 25.2. The molecule has 7 heteroatoms. The third-order valence-corrected chi connectivity index (χ3v) is 3.91. The molecule has 1 unspecified atom stereocenters. The predicted octanol–water partition coefficient (Wildman–Crippen LogP) is 0.441. The molecule has 2 saturated heterocycles. The molecule has 1 atom stereocenters. The number of carbonyl (C=O) groups is 2. The first-order valence-electron chi connectivity index (χ1n) is 7.07. The quantitative estimate of drug-likeness (QED) is 0.783. The van der Waals surface area contributed by atoms with Gasteiger partial charge in [-0.1, -0.05) is 0 Å². The molecule has 114 valence electrons. The van der Waals surface area contributed by atoms with Gasteiger partial charge in [-0.3, -0.25) is 0 Å². The van der Waals surface area contributed by atoms with Gasteiger partial charge in [0.2, 0.25) is 0 Å². The minimum absolute atomic E-state index is 0.0312. The van der Waals surface area contributed by atoms with Gasteiger partial charge in [0.15, 0.2) is 5.54 Å². The lowest BCUT2D eigenvalue weighted by Crippen LogP contribution is -2.59. The van der Waals surface area contributed by atoms with E-state index in [9.17, 15) is 14.7 Å². The molecule has 0 radical (unpaired) electrons. The van der Waals surface area contributed by atoms with E-state index in [4.69, 9.17) is 9.47 Å². The van der Waals surface area contributed by atoms with Crippen LogP contribution in [0, 0.1) is 0 Å². The van der Waals surface area contributed by atoms with Crippen molar-refractivity contribution in [3.63, 3.8) is 0 Å². The molecule has 2 heterocycles. The van der Waals surface area contributed by atoms with Crippen LogP contribution in [0.15, 0.2) is 0 Å². The van der Waals surface area contributed by atoms with Gasteiger partial charge in [-0.05, 0) is 19.8 Å². The summed E-state index contributed by atoms with van der Waals surface area (Å²) in [5, 5.41) is 11.9. The number of ether oxygens (including phenoxy) is 2. The molecule has 2 amide bonds. The number of hydrogen-bond donors (Lipinski definition) is 2. The molecule has 2 N–H and O–H groups in total. The highest BCUT2D eigenvalue weighted by atomic mass is 16.5. The van der Waals surface area contributed by atoms with Crippen LogP contribution in [-0.2, 0) is 14.3 Å². The lowest BCUT2D eigenvalue weighted by molar-refractivity contribution is -0.144. The maximum atomic E-state index is 12.2. The third kappa shape index (κ3) is 3.21. The van der Waals surface area contributed by atoms with Gasteiger partial charge >= 0.3 is 12.0 Å². The summed E-state index contributed by atoms with van der Waals surface area (Å²) in [5.74, 6) is -1.03. The van der Waals surface area contributed by atoms with E-state index in [2.05, 4.69) is 5.32 Å². The fourth-order valence-electron chi connectivity index (χ4n) is 2.63. The Morgan fingerprint density at radius 2 is 2.15 bits per heavy atom. The van der Waals surface area contributed by atoms with Crippen molar-refractivity contribution in [2.24, 2.45) is 0 Å². The van der Waals surface area contributed by atoms with Gasteiger partial charge < -0.3 is 24.8 Å². The highest BCUT2D eigenvalue weighted by molar-refractivity contribution is 5.86. The summed E-state index contributed by atoms with van der Waals surface area (Å²) in [6, 6.07) is -0.326. The summed E-state index contributed by atoms with van der Waals surface area (Å²) in [7, 11) is 0. The monoisotopic (exact) mass is 286 g/mol. The van der Waals surface area contributed by atoms with Crippen molar-refractivity contribution in [3.8, 4) is 0 Å². The summed E-state index contributed by atoms with van der Waals surface area (Å²) >= 11 is 0. The van der Waals surface area contributed by atoms with Crippen LogP contribution in [-0.4, -0.2) is 66.6 Å². The third-order valence-electron chi connectivity index (χ3n) is 3.91. The Hall–Kier alpha value is -1.34. The fraction of sp³-hybridized carbons (Fsp3) is 0.846. The van der Waals surface area contributed by atoms with E-state index in [1.54, 1.807) is 4.90 Å². The summed E-state index contributed by atoms with van der Waals surface area (Å²) in [5.41, 5.74) is -1.27. The molecule has 0 aromatic heterocycles. The molecule has 0 spiro atoms. The number of nitrogens with zero attached hydrogens (tertiary/aromatic N) is 1. The SMILES string of the molecule is CCOC1CCN(C(=O)NC2(C(=O)O)CCOC2)CC1. The van der Waals surface area contributed by atoms with Gasteiger partial charge in [0.25, 0.3) is 0 Å².